The van der Waals surface area contributed by atoms with Crippen molar-refractivity contribution in [2.75, 3.05) is 6.61 Å². The van der Waals surface area contributed by atoms with Gasteiger partial charge in [0.25, 0.3) is 0 Å². The van der Waals surface area contributed by atoms with Gasteiger partial charge in [-0.2, -0.15) is 5.26 Å². The van der Waals surface area contributed by atoms with Gasteiger partial charge in [-0.15, -0.1) is 0 Å². The second kappa shape index (κ2) is 5.43. The van der Waals surface area contributed by atoms with Gasteiger partial charge in [0.2, 0.25) is 0 Å². The highest BCUT2D eigenvalue weighted by Gasteiger charge is 2.60. The summed E-state index contributed by atoms with van der Waals surface area (Å²) in [6, 6.07) is 2.59. The average Bonchev–Trinajstić information content (AvgIpc) is 2.91. The van der Waals surface area contributed by atoms with Crippen molar-refractivity contribution < 1.29 is 9.90 Å². The van der Waals surface area contributed by atoms with Gasteiger partial charge < -0.3 is 5.11 Å². The van der Waals surface area contributed by atoms with Gasteiger partial charge in [0.15, 0.2) is 5.78 Å². The molecule has 3 fully saturated rings. The summed E-state index contributed by atoms with van der Waals surface area (Å²) >= 11 is 0. The van der Waals surface area contributed by atoms with Crippen LogP contribution in [0.3, 0.4) is 0 Å². The van der Waals surface area contributed by atoms with Crippen LogP contribution in [0.5, 0.6) is 0 Å². The van der Waals surface area contributed by atoms with Crippen molar-refractivity contribution in [3.63, 3.8) is 0 Å². The molecule has 0 radical (unpaired) electrons. The third kappa shape index (κ3) is 2.02. The third-order valence-corrected chi connectivity index (χ3v) is 8.49. The Hall–Kier alpha value is -1.14. The highest BCUT2D eigenvalue weighted by molar-refractivity contribution is 5.91. The lowest BCUT2D eigenvalue weighted by Gasteiger charge is -2.59. The zero-order valence-corrected chi connectivity index (χ0v) is 14.9. The molecule has 3 heteroatoms. The fraction of sp³-hybridized carbons (Fsp3) is 0.810. The van der Waals surface area contributed by atoms with Gasteiger partial charge in [-0.25, -0.2) is 0 Å². The molecule has 0 aromatic heterocycles. The highest BCUT2D eigenvalue weighted by Crippen LogP contribution is 2.67. The molecule has 0 aromatic rings. The Morgan fingerprint density at radius 2 is 2.04 bits per heavy atom. The van der Waals surface area contributed by atoms with Crippen molar-refractivity contribution in [1.82, 2.24) is 0 Å². The Bertz CT molecular complexity index is 632. The normalized spacial score (nSPS) is 50.3. The maximum atomic E-state index is 12.0. The van der Waals surface area contributed by atoms with Crippen molar-refractivity contribution in [2.45, 2.75) is 58.8 Å². The van der Waals surface area contributed by atoms with Crippen LogP contribution in [0.15, 0.2) is 11.6 Å². The van der Waals surface area contributed by atoms with Gasteiger partial charge in [0.1, 0.15) is 0 Å². The number of nitrogens with zero attached hydrogens (tertiary/aromatic N) is 1. The molecular formula is C21H29NO2. The van der Waals surface area contributed by atoms with Crippen LogP contribution in [-0.4, -0.2) is 17.5 Å². The highest BCUT2D eigenvalue weighted by atomic mass is 16.3. The molecular weight excluding hydrogens is 298 g/mol. The molecule has 0 aliphatic heterocycles. The van der Waals surface area contributed by atoms with E-state index >= 15 is 0 Å². The lowest BCUT2D eigenvalue weighted by Crippen LogP contribution is -2.53. The lowest BCUT2D eigenvalue weighted by molar-refractivity contribution is -0.118. The van der Waals surface area contributed by atoms with Crippen LogP contribution in [0.4, 0.5) is 0 Å². The van der Waals surface area contributed by atoms with E-state index in [9.17, 15) is 15.2 Å². The van der Waals surface area contributed by atoms with Crippen LogP contribution in [0.2, 0.25) is 0 Å². The Balaban J connectivity index is 1.74. The van der Waals surface area contributed by atoms with Gasteiger partial charge in [-0.1, -0.05) is 19.4 Å². The second-order valence-corrected chi connectivity index (χ2v) is 9.28. The maximum absolute atomic E-state index is 12.0. The first kappa shape index (κ1) is 16.3. The third-order valence-electron chi connectivity index (χ3n) is 8.49. The molecule has 0 saturated heterocycles. The lowest BCUT2D eigenvalue weighted by atomic mass is 9.45. The largest absolute Gasteiger partial charge is 0.396 e. The number of fused-ring (bicyclic) bond motifs is 5. The Kier molecular flexibility index (Phi) is 3.69. The van der Waals surface area contributed by atoms with Crippen LogP contribution in [0.1, 0.15) is 58.8 Å². The number of rotatable bonds is 1. The van der Waals surface area contributed by atoms with Gasteiger partial charge in [0, 0.05) is 18.9 Å². The number of ketones is 1. The van der Waals surface area contributed by atoms with Gasteiger partial charge in [0.05, 0.1) is 12.0 Å². The first-order chi connectivity index (χ1) is 11.4. The molecule has 4 aliphatic carbocycles. The quantitative estimate of drug-likeness (QED) is 0.795. The Labute approximate surface area is 145 Å². The van der Waals surface area contributed by atoms with E-state index in [0.29, 0.717) is 24.2 Å². The maximum Gasteiger partial charge on any atom is 0.155 e. The van der Waals surface area contributed by atoms with Gasteiger partial charge >= 0.3 is 0 Å². The monoisotopic (exact) mass is 327 g/mol. The minimum absolute atomic E-state index is 0.0796. The SMILES string of the molecule is C[C@]12CC[C@H]3[C@@H](C[C@@H](CO)C4=CC(=O)CC[C@@]43C)[C@@H]1CC[C@@H]2C#N. The molecule has 3 saturated carbocycles. The summed E-state index contributed by atoms with van der Waals surface area (Å²) in [4.78, 5) is 12.0. The van der Waals surface area contributed by atoms with Crippen LogP contribution >= 0.6 is 0 Å². The van der Waals surface area contributed by atoms with E-state index in [4.69, 9.17) is 0 Å². The van der Waals surface area contributed by atoms with Crippen LogP contribution < -0.4 is 0 Å². The smallest absolute Gasteiger partial charge is 0.155 e. The number of hydrogen-bond donors (Lipinski definition) is 1. The zero-order chi connectivity index (χ0) is 17.1. The van der Waals surface area contributed by atoms with E-state index in [-0.39, 0.29) is 35.1 Å². The number of carbonyl (C=O) groups excluding carboxylic acids is 1. The van der Waals surface area contributed by atoms with Gasteiger partial charge in [-0.05, 0) is 73.2 Å². The van der Waals surface area contributed by atoms with Gasteiger partial charge in [-0.3, -0.25) is 4.79 Å². The van der Waals surface area contributed by atoms with Crippen LogP contribution in [-0.2, 0) is 4.79 Å². The van der Waals surface area contributed by atoms with Crippen molar-refractivity contribution in [3.05, 3.63) is 11.6 Å². The van der Waals surface area contributed by atoms with Crippen molar-refractivity contribution >= 4 is 5.78 Å². The topological polar surface area (TPSA) is 61.1 Å². The predicted molar refractivity (Wildman–Crippen MR) is 91.8 cm³/mol. The molecule has 4 rings (SSSR count). The fourth-order valence-electron chi connectivity index (χ4n) is 7.17. The minimum atomic E-state index is 0.0796. The van der Waals surface area contributed by atoms with E-state index < -0.39 is 0 Å². The number of nitriles is 1. The number of hydrogen-bond acceptors (Lipinski definition) is 3. The summed E-state index contributed by atoms with van der Waals surface area (Å²) in [7, 11) is 0. The molecule has 24 heavy (non-hydrogen) atoms. The summed E-state index contributed by atoms with van der Waals surface area (Å²) in [6.07, 6.45) is 9.03. The molecule has 0 bridgehead atoms. The molecule has 4 aliphatic rings. The van der Waals surface area contributed by atoms with E-state index in [1.54, 1.807) is 0 Å². The van der Waals surface area contributed by atoms with Crippen molar-refractivity contribution in [3.8, 4) is 6.07 Å². The van der Waals surface area contributed by atoms with E-state index in [2.05, 4.69) is 19.9 Å². The summed E-state index contributed by atoms with van der Waals surface area (Å²) in [5.74, 6) is 2.43. The molecule has 1 N–H and O–H groups in total. The van der Waals surface area contributed by atoms with Crippen molar-refractivity contribution in [2.24, 2.45) is 40.4 Å². The molecule has 0 amide bonds. The minimum Gasteiger partial charge on any atom is -0.396 e. The molecule has 0 heterocycles. The van der Waals surface area contributed by atoms with Crippen LogP contribution in [0, 0.1) is 51.8 Å². The number of aliphatic hydroxyl groups excluding tert-OH is 1. The molecule has 0 unspecified atom stereocenters. The number of carbonyl (C=O) groups is 1. The summed E-state index contributed by atoms with van der Waals surface area (Å²) in [5.41, 5.74) is 1.48. The first-order valence-electron chi connectivity index (χ1n) is 9.69. The number of aliphatic hydroxyl groups is 1. The predicted octanol–water partition coefficient (Wildman–Crippen LogP) is 3.88. The zero-order valence-electron chi connectivity index (χ0n) is 14.9. The van der Waals surface area contributed by atoms with E-state index in [1.807, 2.05) is 6.08 Å². The van der Waals surface area contributed by atoms with E-state index in [1.165, 1.54) is 18.4 Å². The Morgan fingerprint density at radius 1 is 1.25 bits per heavy atom. The molecule has 3 nitrogen and oxygen atoms in total. The molecule has 130 valence electrons. The second-order valence-electron chi connectivity index (χ2n) is 9.28. The molecule has 0 spiro atoms. The molecule has 7 atom stereocenters. The standard InChI is InChI=1S/C21H29NO2/c1-20-8-6-18-16(17(20)4-3-14(20)11-22)9-13(12-23)19-10-15(24)5-7-21(18,19)2/h10,13-14,16-18,23H,3-9,12H2,1-2H3/t13-,14+,16-,17-,18-,20+,21+/m0/s1. The van der Waals surface area contributed by atoms with Crippen molar-refractivity contribution in [1.29, 1.82) is 5.26 Å². The average molecular weight is 327 g/mol. The van der Waals surface area contributed by atoms with E-state index in [0.717, 1.165) is 25.7 Å². The summed E-state index contributed by atoms with van der Waals surface area (Å²) in [6.45, 7) is 4.86. The van der Waals surface area contributed by atoms with Crippen LogP contribution in [0.25, 0.3) is 0 Å². The fourth-order valence-corrected chi connectivity index (χ4v) is 7.17. The first-order valence-corrected chi connectivity index (χ1v) is 9.69. The molecule has 0 aromatic carbocycles. The Morgan fingerprint density at radius 3 is 2.75 bits per heavy atom. The summed E-state index contributed by atoms with van der Waals surface area (Å²) < 4.78 is 0. The summed E-state index contributed by atoms with van der Waals surface area (Å²) in [5, 5.41) is 19.6.